The lowest BCUT2D eigenvalue weighted by atomic mass is 10.1. The van der Waals surface area contributed by atoms with E-state index < -0.39 is 0 Å². The van der Waals surface area contributed by atoms with E-state index in [2.05, 4.69) is 77.6 Å². The molecular formula is C18H23N3. The number of likely N-dealkylation sites (N-methyl/N-ethyl adjacent to an activating group) is 1. The second kappa shape index (κ2) is 6.08. The molecular weight excluding hydrogens is 258 g/mol. The number of anilines is 3. The molecule has 0 aliphatic carbocycles. The molecule has 1 N–H and O–H groups in total. The van der Waals surface area contributed by atoms with Gasteiger partial charge in [0, 0.05) is 38.9 Å². The van der Waals surface area contributed by atoms with Crippen LogP contribution in [0.25, 0.3) is 0 Å². The molecule has 1 aliphatic heterocycles. The molecule has 3 nitrogen and oxygen atoms in total. The fourth-order valence-electron chi connectivity index (χ4n) is 2.89. The molecule has 3 rings (SSSR count). The van der Waals surface area contributed by atoms with E-state index in [1.165, 1.54) is 22.6 Å². The lowest BCUT2D eigenvalue weighted by Gasteiger charge is -2.37. The first-order chi connectivity index (χ1) is 10.2. The Hall–Kier alpha value is -2.16. The van der Waals surface area contributed by atoms with Gasteiger partial charge in [0.2, 0.25) is 0 Å². The zero-order valence-corrected chi connectivity index (χ0v) is 12.8. The van der Waals surface area contributed by atoms with Crippen molar-refractivity contribution < 1.29 is 0 Å². The molecule has 2 aromatic carbocycles. The summed E-state index contributed by atoms with van der Waals surface area (Å²) in [5.41, 5.74) is 5.18. The van der Waals surface area contributed by atoms with Gasteiger partial charge in [-0.05, 0) is 36.8 Å². The Balaban J connectivity index is 1.63. The third-order valence-corrected chi connectivity index (χ3v) is 4.07. The minimum Gasteiger partial charge on any atom is -0.383 e. The summed E-state index contributed by atoms with van der Waals surface area (Å²) in [7, 11) is 2.17. The first-order valence-corrected chi connectivity index (χ1v) is 7.60. The highest BCUT2D eigenvalue weighted by Crippen LogP contribution is 2.31. The quantitative estimate of drug-likeness (QED) is 0.927. The van der Waals surface area contributed by atoms with Gasteiger partial charge in [0.25, 0.3) is 0 Å². The lowest BCUT2D eigenvalue weighted by molar-refractivity contribution is 0.741. The van der Waals surface area contributed by atoms with Gasteiger partial charge in [-0.3, -0.25) is 0 Å². The van der Waals surface area contributed by atoms with E-state index in [0.29, 0.717) is 0 Å². The number of para-hydroxylation sites is 2. The minimum atomic E-state index is 0.960. The van der Waals surface area contributed by atoms with Gasteiger partial charge in [-0.2, -0.15) is 0 Å². The van der Waals surface area contributed by atoms with Gasteiger partial charge in [0.05, 0.1) is 11.4 Å². The highest BCUT2D eigenvalue weighted by atomic mass is 15.3. The third kappa shape index (κ3) is 3.13. The predicted octanol–water partition coefficient (Wildman–Crippen LogP) is 3.36. The van der Waals surface area contributed by atoms with Gasteiger partial charge in [-0.25, -0.2) is 0 Å². The maximum absolute atomic E-state index is 3.52. The molecule has 3 heteroatoms. The third-order valence-electron chi connectivity index (χ3n) is 4.07. The summed E-state index contributed by atoms with van der Waals surface area (Å²) < 4.78 is 0. The number of rotatable bonds is 4. The smallest absolute Gasteiger partial charge is 0.0605 e. The molecule has 0 saturated carbocycles. The highest BCUT2D eigenvalue weighted by molar-refractivity contribution is 5.73. The van der Waals surface area contributed by atoms with Crippen LogP contribution in [-0.2, 0) is 0 Å². The standard InChI is InChI=1S/C18H23N3/c1-15-6-5-7-16(14-15)19-10-11-21-13-12-20(2)17-8-3-4-9-18(17)21/h3-9,14,19H,10-13H2,1-2H3. The summed E-state index contributed by atoms with van der Waals surface area (Å²) in [5, 5.41) is 3.52. The van der Waals surface area contributed by atoms with E-state index in [9.17, 15) is 0 Å². The molecule has 110 valence electrons. The lowest BCUT2D eigenvalue weighted by Crippen LogP contribution is -2.41. The number of nitrogens with zero attached hydrogens (tertiary/aromatic N) is 2. The monoisotopic (exact) mass is 281 g/mol. The molecule has 0 amide bonds. The molecule has 0 bridgehead atoms. The van der Waals surface area contributed by atoms with Gasteiger partial charge < -0.3 is 15.1 Å². The number of aryl methyl sites for hydroxylation is 1. The molecule has 1 heterocycles. The number of fused-ring (bicyclic) bond motifs is 1. The van der Waals surface area contributed by atoms with Crippen LogP contribution in [0.1, 0.15) is 5.56 Å². The van der Waals surface area contributed by atoms with Crippen LogP contribution in [0.4, 0.5) is 17.1 Å². The van der Waals surface area contributed by atoms with Gasteiger partial charge in [0.15, 0.2) is 0 Å². The van der Waals surface area contributed by atoms with Crippen molar-refractivity contribution in [1.82, 2.24) is 0 Å². The van der Waals surface area contributed by atoms with E-state index in [0.717, 1.165) is 26.2 Å². The zero-order chi connectivity index (χ0) is 14.7. The second-order valence-corrected chi connectivity index (χ2v) is 5.69. The van der Waals surface area contributed by atoms with Crippen LogP contribution in [-0.4, -0.2) is 33.2 Å². The fourth-order valence-corrected chi connectivity index (χ4v) is 2.89. The summed E-state index contributed by atoms with van der Waals surface area (Å²) in [6.07, 6.45) is 0. The average Bonchev–Trinajstić information content (AvgIpc) is 2.50. The van der Waals surface area contributed by atoms with E-state index >= 15 is 0 Å². The SMILES string of the molecule is Cc1cccc(NCCN2CCN(C)c3ccccc32)c1. The van der Waals surface area contributed by atoms with Crippen molar-refractivity contribution in [3.05, 3.63) is 54.1 Å². The molecule has 0 radical (unpaired) electrons. The van der Waals surface area contributed by atoms with Crippen molar-refractivity contribution in [2.45, 2.75) is 6.92 Å². The van der Waals surface area contributed by atoms with E-state index in [-0.39, 0.29) is 0 Å². The topological polar surface area (TPSA) is 18.5 Å². The van der Waals surface area contributed by atoms with Crippen LogP contribution in [0.3, 0.4) is 0 Å². The Labute approximate surface area is 127 Å². The van der Waals surface area contributed by atoms with Crippen molar-refractivity contribution in [2.24, 2.45) is 0 Å². The van der Waals surface area contributed by atoms with E-state index in [1.807, 2.05) is 0 Å². The molecule has 2 aromatic rings. The first-order valence-electron chi connectivity index (χ1n) is 7.60. The summed E-state index contributed by atoms with van der Waals surface area (Å²) in [4.78, 5) is 4.80. The summed E-state index contributed by atoms with van der Waals surface area (Å²) in [6.45, 7) is 6.28. The Morgan fingerprint density at radius 2 is 1.81 bits per heavy atom. The molecule has 0 saturated heterocycles. The Kier molecular flexibility index (Phi) is 4.00. The predicted molar refractivity (Wildman–Crippen MR) is 91.6 cm³/mol. The molecule has 0 aromatic heterocycles. The highest BCUT2D eigenvalue weighted by Gasteiger charge is 2.18. The van der Waals surface area contributed by atoms with Crippen LogP contribution in [0.5, 0.6) is 0 Å². The van der Waals surface area contributed by atoms with E-state index in [4.69, 9.17) is 0 Å². The molecule has 0 atom stereocenters. The molecule has 21 heavy (non-hydrogen) atoms. The van der Waals surface area contributed by atoms with Gasteiger partial charge in [0.1, 0.15) is 0 Å². The van der Waals surface area contributed by atoms with Crippen LogP contribution >= 0.6 is 0 Å². The minimum absolute atomic E-state index is 0.960. The first kappa shape index (κ1) is 13.8. The van der Waals surface area contributed by atoms with Crippen molar-refractivity contribution in [3.63, 3.8) is 0 Å². The summed E-state index contributed by atoms with van der Waals surface area (Å²) in [6, 6.07) is 17.2. The van der Waals surface area contributed by atoms with Crippen molar-refractivity contribution in [3.8, 4) is 0 Å². The van der Waals surface area contributed by atoms with Gasteiger partial charge >= 0.3 is 0 Å². The Morgan fingerprint density at radius 3 is 2.62 bits per heavy atom. The van der Waals surface area contributed by atoms with Crippen LogP contribution in [0.2, 0.25) is 0 Å². The van der Waals surface area contributed by atoms with Crippen LogP contribution in [0, 0.1) is 6.92 Å². The Morgan fingerprint density at radius 1 is 1.00 bits per heavy atom. The normalized spacial score (nSPS) is 14.0. The molecule has 0 spiro atoms. The maximum Gasteiger partial charge on any atom is 0.0605 e. The van der Waals surface area contributed by atoms with Gasteiger partial charge in [-0.15, -0.1) is 0 Å². The average molecular weight is 281 g/mol. The number of hydrogen-bond acceptors (Lipinski definition) is 3. The van der Waals surface area contributed by atoms with Crippen LogP contribution in [0.15, 0.2) is 48.5 Å². The van der Waals surface area contributed by atoms with Crippen molar-refractivity contribution >= 4 is 17.1 Å². The molecule has 0 fully saturated rings. The fraction of sp³-hybridized carbons (Fsp3) is 0.333. The second-order valence-electron chi connectivity index (χ2n) is 5.69. The summed E-state index contributed by atoms with van der Waals surface area (Å²) in [5.74, 6) is 0. The number of hydrogen-bond donors (Lipinski definition) is 1. The van der Waals surface area contributed by atoms with Crippen molar-refractivity contribution in [1.29, 1.82) is 0 Å². The molecule has 0 unspecified atom stereocenters. The van der Waals surface area contributed by atoms with Crippen molar-refractivity contribution in [2.75, 3.05) is 48.3 Å². The van der Waals surface area contributed by atoms with Gasteiger partial charge in [-0.1, -0.05) is 24.3 Å². The number of benzene rings is 2. The molecule has 1 aliphatic rings. The van der Waals surface area contributed by atoms with E-state index in [1.54, 1.807) is 0 Å². The summed E-state index contributed by atoms with van der Waals surface area (Å²) >= 11 is 0. The maximum atomic E-state index is 3.52. The Bertz CT molecular complexity index is 609. The largest absolute Gasteiger partial charge is 0.383 e. The zero-order valence-electron chi connectivity index (χ0n) is 12.8. The van der Waals surface area contributed by atoms with Crippen LogP contribution < -0.4 is 15.1 Å². The number of nitrogens with one attached hydrogen (secondary N) is 1.